The highest BCUT2D eigenvalue weighted by atomic mass is 19.4. The van der Waals surface area contributed by atoms with Crippen LogP contribution in [0.5, 0.6) is 0 Å². The van der Waals surface area contributed by atoms with Crippen molar-refractivity contribution in [3.63, 3.8) is 0 Å². The van der Waals surface area contributed by atoms with Crippen LogP contribution < -0.4 is 21.7 Å². The Kier molecular flexibility index (Phi) is 15.8. The maximum Gasteiger partial charge on any atom is 0.471 e. The summed E-state index contributed by atoms with van der Waals surface area (Å²) in [5.74, 6) is -2.54. The van der Waals surface area contributed by atoms with Crippen molar-refractivity contribution in [1.29, 1.82) is 0 Å². The lowest BCUT2D eigenvalue weighted by Gasteiger charge is -2.49. The van der Waals surface area contributed by atoms with Crippen LogP contribution in [0.15, 0.2) is 60.7 Å². The van der Waals surface area contributed by atoms with Crippen LogP contribution in [-0.2, 0) is 46.4 Å². The zero-order valence-electron chi connectivity index (χ0n) is 31.0. The highest BCUT2D eigenvalue weighted by molar-refractivity contribution is 5.82. The first-order valence-corrected chi connectivity index (χ1v) is 18.3. The lowest BCUT2D eigenvalue weighted by atomic mass is 9.83. The van der Waals surface area contributed by atoms with E-state index in [1.807, 2.05) is 0 Å². The zero-order valence-corrected chi connectivity index (χ0v) is 31.0. The van der Waals surface area contributed by atoms with Crippen molar-refractivity contribution in [3.8, 4) is 0 Å². The molecular weight excluding hydrogens is 801 g/mol. The normalized spacial score (nSPS) is 34.9. The highest BCUT2D eigenvalue weighted by Crippen LogP contribution is 2.33. The number of nitrogens with two attached hydrogens (primary N) is 1. The number of nitrogens with one attached hydrogen (secondary N) is 3. The maximum absolute atomic E-state index is 13.1. The van der Waals surface area contributed by atoms with Crippen LogP contribution in [0.3, 0.4) is 0 Å². The van der Waals surface area contributed by atoms with Gasteiger partial charge in [0.25, 0.3) is 0 Å². The number of benzene rings is 2. The number of aliphatic hydroxyl groups is 7. The summed E-state index contributed by atoms with van der Waals surface area (Å²) in [5, 5.41) is 81.6. The summed E-state index contributed by atoms with van der Waals surface area (Å²) in [4.78, 5) is 37.2. The number of ether oxygens (including phenoxy) is 6. The summed E-state index contributed by atoms with van der Waals surface area (Å²) in [6, 6.07) is 12.4. The third kappa shape index (κ3) is 11.7. The van der Waals surface area contributed by atoms with Gasteiger partial charge in [0, 0.05) is 12.6 Å². The third-order valence-corrected chi connectivity index (χ3v) is 9.88. The van der Waals surface area contributed by atoms with E-state index in [4.69, 9.17) is 34.2 Å². The number of carbonyl (C=O) groups is 3. The van der Waals surface area contributed by atoms with Gasteiger partial charge in [-0.3, -0.25) is 4.79 Å². The second-order valence-electron chi connectivity index (χ2n) is 14.1. The summed E-state index contributed by atoms with van der Waals surface area (Å²) in [5.41, 5.74) is 7.64. The van der Waals surface area contributed by atoms with Crippen molar-refractivity contribution in [3.05, 3.63) is 71.8 Å². The molecule has 3 aliphatic rings. The average molecular weight is 849 g/mol. The highest BCUT2D eigenvalue weighted by Gasteiger charge is 2.54. The Balaban J connectivity index is 1.33. The van der Waals surface area contributed by atoms with Gasteiger partial charge in [0.2, 0.25) is 0 Å². The van der Waals surface area contributed by atoms with Gasteiger partial charge in [-0.25, -0.2) is 9.59 Å². The van der Waals surface area contributed by atoms with Gasteiger partial charge < -0.3 is 85.9 Å². The van der Waals surface area contributed by atoms with Crippen LogP contribution in [0.1, 0.15) is 17.5 Å². The molecule has 3 fully saturated rings. The summed E-state index contributed by atoms with van der Waals surface area (Å²) in [7, 11) is 0. The number of carbonyl (C=O) groups excluding carboxylic acids is 3. The molecule has 2 saturated heterocycles. The predicted molar refractivity (Wildman–Crippen MR) is 189 cm³/mol. The number of amides is 3. The molecule has 2 aromatic carbocycles. The largest absolute Gasteiger partial charge is 0.471 e. The van der Waals surface area contributed by atoms with E-state index in [9.17, 15) is 63.3 Å². The third-order valence-electron chi connectivity index (χ3n) is 9.88. The Bertz CT molecular complexity index is 1670. The molecule has 15 atom stereocenters. The summed E-state index contributed by atoms with van der Waals surface area (Å²) in [6.45, 7) is -1.81. The van der Waals surface area contributed by atoms with Gasteiger partial charge in [-0.15, -0.1) is 0 Å². The number of alkyl halides is 3. The Morgan fingerprint density at radius 3 is 1.81 bits per heavy atom. The van der Waals surface area contributed by atoms with E-state index in [-0.39, 0.29) is 19.6 Å². The number of aliphatic hydroxyl groups excluding tert-OH is 7. The maximum atomic E-state index is 13.1. The standard InChI is InChI=1S/C36H47F3N4O16/c37-36(38,39)33(51)43-22-23(45)21(13-44)57-31(25(22)47)58-29-18(40)11-19(42-35(53)55-15-17-9-5-2-6-10-17)30(28(29)50)59-32-27(49)26(48)24(46)20(56-32)12-41-34(52)54-14-16-7-3-1-4-8-16/h1-10,18-32,44-50H,11-15,40H2,(H,41,52)(H,42,53)(H,43,51)/t18-,19+,20+,21-,22+,23-,24+,25-,26-,27+,28-,29+,30-,31-,32+/m0/s1. The minimum atomic E-state index is -5.43. The first-order chi connectivity index (χ1) is 28.0. The summed E-state index contributed by atoms with van der Waals surface area (Å²) < 4.78 is 72.6. The number of hydrogen-bond donors (Lipinski definition) is 11. The molecular formula is C36H47F3N4O16. The molecule has 0 unspecified atom stereocenters. The Hall–Kier alpha value is -4.24. The molecule has 59 heavy (non-hydrogen) atoms. The minimum absolute atomic E-state index is 0.103. The fraction of sp³-hybridized carbons (Fsp3) is 0.583. The van der Waals surface area contributed by atoms with E-state index in [0.29, 0.717) is 11.1 Å². The van der Waals surface area contributed by atoms with Crippen LogP contribution in [0.2, 0.25) is 0 Å². The van der Waals surface area contributed by atoms with Crippen molar-refractivity contribution in [2.75, 3.05) is 13.2 Å². The molecule has 1 saturated carbocycles. The second-order valence-corrected chi connectivity index (χ2v) is 14.1. The SMILES string of the molecule is N[C@H]1C[C@@H](NC(=O)OCc2ccccc2)[C@H](O[C@H]2O[C@H](CNC(=O)OCc3ccccc3)[C@@H](O)[C@H](O)[C@H]2O)[C@@H](O)[C@@H]1O[C@@H]1O[C@@H](CO)[C@H](O)[C@@H](NC(=O)C(F)(F)F)[C@@H]1O. The van der Waals surface area contributed by atoms with Crippen molar-refractivity contribution in [2.45, 2.75) is 118 Å². The Morgan fingerprint density at radius 2 is 1.24 bits per heavy atom. The number of halogens is 3. The molecule has 0 spiro atoms. The summed E-state index contributed by atoms with van der Waals surface area (Å²) >= 11 is 0. The molecule has 0 radical (unpaired) electrons. The fourth-order valence-electron chi connectivity index (χ4n) is 6.72. The fourth-order valence-corrected chi connectivity index (χ4v) is 6.72. The van der Waals surface area contributed by atoms with E-state index in [1.165, 1.54) is 5.32 Å². The summed E-state index contributed by atoms with van der Waals surface area (Å²) in [6.07, 6.45) is -30.5. The van der Waals surface area contributed by atoms with E-state index in [0.717, 1.165) is 0 Å². The topological polar surface area (TPSA) is 310 Å². The second kappa shape index (κ2) is 20.3. The lowest BCUT2D eigenvalue weighted by molar-refractivity contribution is -0.333. The van der Waals surface area contributed by atoms with Crippen LogP contribution >= 0.6 is 0 Å². The molecule has 2 aromatic rings. The van der Waals surface area contributed by atoms with Gasteiger partial charge >= 0.3 is 24.3 Å². The molecule has 2 aliphatic heterocycles. The van der Waals surface area contributed by atoms with Crippen LogP contribution in [0.4, 0.5) is 22.8 Å². The molecule has 12 N–H and O–H groups in total. The zero-order chi connectivity index (χ0) is 43.0. The molecule has 0 bridgehead atoms. The lowest BCUT2D eigenvalue weighted by Crippen LogP contribution is -2.70. The monoisotopic (exact) mass is 848 g/mol. The Morgan fingerprint density at radius 1 is 0.695 bits per heavy atom. The van der Waals surface area contributed by atoms with Gasteiger partial charge in [-0.05, 0) is 17.5 Å². The quantitative estimate of drug-likeness (QED) is 0.0982. The molecule has 3 amide bonds. The predicted octanol–water partition coefficient (Wildman–Crippen LogP) is -2.64. The van der Waals surface area contributed by atoms with Gasteiger partial charge in [0.15, 0.2) is 12.6 Å². The molecule has 5 rings (SSSR count). The van der Waals surface area contributed by atoms with Crippen molar-refractivity contribution in [2.24, 2.45) is 5.73 Å². The molecule has 2 heterocycles. The number of alkyl carbamates (subject to hydrolysis) is 2. The van der Waals surface area contributed by atoms with Gasteiger partial charge in [0.05, 0.1) is 18.7 Å². The molecule has 23 heteroatoms. The van der Waals surface area contributed by atoms with Crippen molar-refractivity contribution < 1.29 is 91.7 Å². The first kappa shape index (κ1) is 45.8. The van der Waals surface area contributed by atoms with E-state index >= 15 is 0 Å². The molecule has 0 aromatic heterocycles. The van der Waals surface area contributed by atoms with E-state index < -0.39 is 129 Å². The molecule has 1 aliphatic carbocycles. The molecule has 20 nitrogen and oxygen atoms in total. The van der Waals surface area contributed by atoms with Crippen molar-refractivity contribution in [1.82, 2.24) is 16.0 Å². The Labute approximate surface area is 333 Å². The van der Waals surface area contributed by atoms with E-state index in [1.54, 1.807) is 60.7 Å². The average Bonchev–Trinajstić information content (AvgIpc) is 3.21. The number of hydrogen-bond acceptors (Lipinski definition) is 17. The molecule has 328 valence electrons. The minimum Gasteiger partial charge on any atom is -0.445 e. The van der Waals surface area contributed by atoms with E-state index in [2.05, 4.69) is 10.6 Å². The smallest absolute Gasteiger partial charge is 0.445 e. The number of rotatable bonds is 13. The first-order valence-electron chi connectivity index (χ1n) is 18.3. The van der Waals surface area contributed by atoms with Gasteiger partial charge in [0.1, 0.15) is 74.3 Å². The van der Waals surface area contributed by atoms with Gasteiger partial charge in [-0.1, -0.05) is 60.7 Å². The van der Waals surface area contributed by atoms with Gasteiger partial charge in [-0.2, -0.15) is 13.2 Å². The van der Waals surface area contributed by atoms with Crippen LogP contribution in [-0.4, -0.2) is 165 Å². The van der Waals surface area contributed by atoms with Crippen LogP contribution in [0, 0.1) is 0 Å². The van der Waals surface area contributed by atoms with Crippen LogP contribution in [0.25, 0.3) is 0 Å². The van der Waals surface area contributed by atoms with Crippen molar-refractivity contribution >= 4 is 18.1 Å².